The van der Waals surface area contributed by atoms with Crippen LogP contribution in [-0.4, -0.2) is 78.9 Å². The summed E-state index contributed by atoms with van der Waals surface area (Å²) < 4.78 is 25.6. The molecule has 1 N–H and O–H groups in total. The number of carbonyl (C=O) groups is 1. The third-order valence-electron chi connectivity index (χ3n) is 5.95. The van der Waals surface area contributed by atoms with Crippen molar-refractivity contribution in [2.24, 2.45) is 7.05 Å². The van der Waals surface area contributed by atoms with E-state index in [1.807, 2.05) is 37.4 Å². The fraction of sp³-hybridized carbons (Fsp3) is 0.520. The number of methoxy groups -OCH3 is 2. The van der Waals surface area contributed by atoms with Gasteiger partial charge in [-0.1, -0.05) is 18.2 Å². The standard InChI is InChI=1S/C25H35N3O7/c1-26(17-24(32-3)33-4)25(31)21-14-18(15-23(35-21)34-13-9-8-12-29)20-16-22(30)28(27(20)2)19-10-6-5-7-11-19/h5-7,10-11,14,16,18,23-24,29H,8-9,12-13,15,17H2,1-4H3/t18-,23+/m0/s1. The zero-order valence-electron chi connectivity index (χ0n) is 20.8. The average Bonchev–Trinajstić information content (AvgIpc) is 3.18. The van der Waals surface area contributed by atoms with E-state index in [-0.39, 0.29) is 36.3 Å². The number of nitrogens with zero attached hydrogens (tertiary/aromatic N) is 3. The number of rotatable bonds is 12. The Morgan fingerprint density at radius 3 is 2.60 bits per heavy atom. The molecule has 2 aromatic rings. The minimum Gasteiger partial charge on any atom is -0.459 e. The first kappa shape index (κ1) is 26.7. The van der Waals surface area contributed by atoms with Gasteiger partial charge in [0.15, 0.2) is 12.0 Å². The number of unbranched alkanes of at least 4 members (excludes halogenated alkanes) is 1. The highest BCUT2D eigenvalue weighted by Gasteiger charge is 2.32. The van der Waals surface area contributed by atoms with Crippen molar-refractivity contribution in [3.05, 3.63) is 64.3 Å². The number of likely N-dealkylation sites (N-methyl/N-ethyl adjacent to an activating group) is 1. The molecule has 0 radical (unpaired) electrons. The lowest BCUT2D eigenvalue weighted by molar-refractivity contribution is -0.158. The summed E-state index contributed by atoms with van der Waals surface area (Å²) in [6.45, 7) is 0.679. The van der Waals surface area contributed by atoms with Crippen molar-refractivity contribution in [1.82, 2.24) is 14.3 Å². The van der Waals surface area contributed by atoms with Crippen LogP contribution in [0, 0.1) is 0 Å². The van der Waals surface area contributed by atoms with Crippen LogP contribution in [0.15, 0.2) is 53.0 Å². The van der Waals surface area contributed by atoms with Crippen LogP contribution < -0.4 is 5.56 Å². The van der Waals surface area contributed by atoms with Gasteiger partial charge in [-0.2, -0.15) is 0 Å². The summed E-state index contributed by atoms with van der Waals surface area (Å²) in [7, 11) is 6.47. The molecule has 0 fully saturated rings. The number of carbonyl (C=O) groups excluding carboxylic acids is 1. The lowest BCUT2D eigenvalue weighted by Gasteiger charge is -2.31. The average molecular weight is 490 g/mol. The Kier molecular flexibility index (Phi) is 9.67. The van der Waals surface area contributed by atoms with Gasteiger partial charge >= 0.3 is 0 Å². The van der Waals surface area contributed by atoms with E-state index in [0.717, 1.165) is 11.4 Å². The number of hydrogen-bond acceptors (Lipinski definition) is 7. The topological polar surface area (TPSA) is 104 Å². The Hall–Kier alpha value is -2.92. The fourth-order valence-electron chi connectivity index (χ4n) is 4.05. The maximum absolute atomic E-state index is 13.2. The van der Waals surface area contributed by atoms with Gasteiger partial charge < -0.3 is 29.0 Å². The van der Waals surface area contributed by atoms with Crippen LogP contribution in [0.2, 0.25) is 0 Å². The number of ether oxygens (including phenoxy) is 4. The van der Waals surface area contributed by atoms with Gasteiger partial charge in [-0.3, -0.25) is 14.3 Å². The van der Waals surface area contributed by atoms with Gasteiger partial charge in [-0.15, -0.1) is 0 Å². The molecule has 0 saturated carbocycles. The third kappa shape index (κ3) is 6.61. The summed E-state index contributed by atoms with van der Waals surface area (Å²) in [4.78, 5) is 27.5. The molecule has 2 atom stereocenters. The monoisotopic (exact) mass is 489 g/mol. The molecule has 192 valence electrons. The minimum absolute atomic E-state index is 0.0845. The van der Waals surface area contributed by atoms with Crippen molar-refractivity contribution in [2.45, 2.75) is 37.8 Å². The molecule has 2 heterocycles. The molecule has 0 saturated heterocycles. The van der Waals surface area contributed by atoms with E-state index in [4.69, 9.17) is 24.1 Å². The van der Waals surface area contributed by atoms with Gasteiger partial charge in [0.25, 0.3) is 11.5 Å². The number of amides is 1. The predicted molar refractivity (Wildman–Crippen MR) is 129 cm³/mol. The quantitative estimate of drug-likeness (QED) is 0.358. The molecule has 1 aromatic carbocycles. The van der Waals surface area contributed by atoms with Crippen LogP contribution in [0.4, 0.5) is 0 Å². The van der Waals surface area contributed by atoms with Crippen LogP contribution in [0.3, 0.4) is 0 Å². The molecule has 0 bridgehead atoms. The first-order valence-corrected chi connectivity index (χ1v) is 11.7. The third-order valence-corrected chi connectivity index (χ3v) is 5.95. The van der Waals surface area contributed by atoms with E-state index in [1.165, 1.54) is 19.1 Å². The number of hydrogen-bond donors (Lipinski definition) is 1. The zero-order chi connectivity index (χ0) is 25.4. The molecule has 3 rings (SSSR count). The smallest absolute Gasteiger partial charge is 0.288 e. The molecule has 0 aliphatic carbocycles. The highest BCUT2D eigenvalue weighted by atomic mass is 16.7. The molecule has 1 aliphatic heterocycles. The summed E-state index contributed by atoms with van der Waals surface area (Å²) in [6.07, 6.45) is 2.21. The molecule has 0 unspecified atom stereocenters. The number of aliphatic hydroxyl groups is 1. The molecular weight excluding hydrogens is 454 g/mol. The van der Waals surface area contributed by atoms with Crippen LogP contribution in [0.5, 0.6) is 0 Å². The largest absolute Gasteiger partial charge is 0.459 e. The van der Waals surface area contributed by atoms with Crippen molar-refractivity contribution in [1.29, 1.82) is 0 Å². The Bertz CT molecular complexity index is 1040. The van der Waals surface area contributed by atoms with Gasteiger partial charge in [0.1, 0.15) is 0 Å². The molecule has 1 aliphatic rings. The summed E-state index contributed by atoms with van der Waals surface area (Å²) in [5, 5.41) is 9.03. The second-order valence-corrected chi connectivity index (χ2v) is 8.39. The van der Waals surface area contributed by atoms with E-state index in [0.29, 0.717) is 25.9 Å². The Labute approximate surface area is 205 Å². The van der Waals surface area contributed by atoms with E-state index in [9.17, 15) is 9.59 Å². The molecule has 1 amide bonds. The highest BCUT2D eigenvalue weighted by molar-refractivity contribution is 5.91. The fourth-order valence-corrected chi connectivity index (χ4v) is 4.05. The second kappa shape index (κ2) is 12.7. The first-order valence-electron chi connectivity index (χ1n) is 11.7. The van der Waals surface area contributed by atoms with Gasteiger partial charge in [0.2, 0.25) is 6.29 Å². The lowest BCUT2D eigenvalue weighted by atomic mass is 9.97. The Balaban J connectivity index is 1.90. The normalized spacial score (nSPS) is 17.8. The molecule has 0 spiro atoms. The Morgan fingerprint density at radius 2 is 1.94 bits per heavy atom. The lowest BCUT2D eigenvalue weighted by Crippen LogP contribution is -2.39. The van der Waals surface area contributed by atoms with E-state index in [1.54, 1.807) is 28.6 Å². The van der Waals surface area contributed by atoms with Crippen LogP contribution in [0.25, 0.3) is 5.69 Å². The van der Waals surface area contributed by atoms with Gasteiger partial charge in [-0.25, -0.2) is 4.68 Å². The number of benzene rings is 1. The van der Waals surface area contributed by atoms with Crippen molar-refractivity contribution >= 4 is 5.91 Å². The number of aromatic nitrogens is 2. The maximum Gasteiger partial charge on any atom is 0.288 e. The summed E-state index contributed by atoms with van der Waals surface area (Å²) >= 11 is 0. The summed E-state index contributed by atoms with van der Waals surface area (Å²) in [5.41, 5.74) is 1.33. The predicted octanol–water partition coefficient (Wildman–Crippen LogP) is 1.76. The van der Waals surface area contributed by atoms with Crippen LogP contribution in [0.1, 0.15) is 30.9 Å². The number of allylic oxidation sites excluding steroid dienone is 1. The van der Waals surface area contributed by atoms with Crippen LogP contribution in [-0.2, 0) is 30.8 Å². The minimum atomic E-state index is -0.674. The van der Waals surface area contributed by atoms with Gasteiger partial charge in [0, 0.05) is 59.0 Å². The molecule has 10 nitrogen and oxygen atoms in total. The highest BCUT2D eigenvalue weighted by Crippen LogP contribution is 2.32. The number of para-hydroxylation sites is 1. The van der Waals surface area contributed by atoms with Gasteiger partial charge in [-0.05, 0) is 31.1 Å². The molecule has 1 aromatic heterocycles. The van der Waals surface area contributed by atoms with Crippen molar-refractivity contribution in [3.8, 4) is 5.69 Å². The number of aliphatic hydroxyl groups excluding tert-OH is 1. The van der Waals surface area contributed by atoms with E-state index < -0.39 is 12.6 Å². The SMILES string of the molecule is COC(CN(C)C(=O)C1=C[C@H](c2cc(=O)n(-c3ccccc3)n2C)C[C@H](OCCCCO)O1)OC. The van der Waals surface area contributed by atoms with Crippen molar-refractivity contribution < 1.29 is 28.8 Å². The van der Waals surface area contributed by atoms with Crippen molar-refractivity contribution in [2.75, 3.05) is 41.0 Å². The molecule has 35 heavy (non-hydrogen) atoms. The van der Waals surface area contributed by atoms with Gasteiger partial charge in [0.05, 0.1) is 18.8 Å². The maximum atomic E-state index is 13.2. The van der Waals surface area contributed by atoms with Crippen LogP contribution >= 0.6 is 0 Å². The second-order valence-electron chi connectivity index (χ2n) is 8.39. The van der Waals surface area contributed by atoms with E-state index >= 15 is 0 Å². The molecule has 10 heteroatoms. The molecular formula is C25H35N3O7. The summed E-state index contributed by atoms with van der Waals surface area (Å²) in [6, 6.07) is 11.0. The Morgan fingerprint density at radius 1 is 1.23 bits per heavy atom. The van der Waals surface area contributed by atoms with E-state index in [2.05, 4.69) is 0 Å². The zero-order valence-corrected chi connectivity index (χ0v) is 20.8. The summed E-state index contributed by atoms with van der Waals surface area (Å²) in [5.74, 6) is -0.491. The first-order chi connectivity index (χ1) is 16.9. The van der Waals surface area contributed by atoms with Crippen molar-refractivity contribution in [3.63, 3.8) is 0 Å².